The summed E-state index contributed by atoms with van der Waals surface area (Å²) in [6, 6.07) is 6.87. The van der Waals surface area contributed by atoms with E-state index in [1.165, 1.54) is 18.2 Å². The number of nitrogens with two attached hydrogens (primary N) is 1. The first-order chi connectivity index (χ1) is 9.47. The molecule has 0 saturated heterocycles. The van der Waals surface area contributed by atoms with Crippen LogP contribution in [0.5, 0.6) is 0 Å². The molecule has 0 bridgehead atoms. The number of nitrogen functional groups attached to an aromatic ring is 1. The molecule has 2 aromatic carbocycles. The van der Waals surface area contributed by atoms with Crippen LogP contribution in [0.1, 0.15) is 15.9 Å². The molecule has 1 amide bonds. The predicted octanol–water partition coefficient (Wildman–Crippen LogP) is 2.62. The summed E-state index contributed by atoms with van der Waals surface area (Å²) in [5, 5.41) is 2.41. The molecule has 2 aromatic rings. The summed E-state index contributed by atoms with van der Waals surface area (Å²) < 4.78 is 39.2. The smallest absolute Gasteiger partial charge is 0.254 e. The Kier molecular flexibility index (Phi) is 3.93. The highest BCUT2D eigenvalue weighted by Crippen LogP contribution is 2.13. The third-order valence-electron chi connectivity index (χ3n) is 2.67. The van der Waals surface area contributed by atoms with Gasteiger partial charge in [0.05, 0.1) is 5.56 Å². The molecule has 0 heterocycles. The number of hydrogen-bond donors (Lipinski definition) is 2. The van der Waals surface area contributed by atoms with Crippen molar-refractivity contribution < 1.29 is 18.0 Å². The van der Waals surface area contributed by atoms with Crippen molar-refractivity contribution in [2.75, 3.05) is 5.73 Å². The summed E-state index contributed by atoms with van der Waals surface area (Å²) in [5.41, 5.74) is 5.89. The van der Waals surface area contributed by atoms with E-state index in [9.17, 15) is 18.0 Å². The zero-order chi connectivity index (χ0) is 14.7. The molecule has 3 N–H and O–H groups in total. The van der Waals surface area contributed by atoms with Gasteiger partial charge >= 0.3 is 0 Å². The van der Waals surface area contributed by atoms with Gasteiger partial charge in [0.2, 0.25) is 0 Å². The van der Waals surface area contributed by atoms with Crippen molar-refractivity contribution in [2.24, 2.45) is 0 Å². The van der Waals surface area contributed by atoms with Crippen LogP contribution in [-0.2, 0) is 6.54 Å². The molecule has 104 valence electrons. The minimum atomic E-state index is -1.01. The van der Waals surface area contributed by atoms with E-state index in [0.29, 0.717) is 5.56 Å². The van der Waals surface area contributed by atoms with E-state index in [1.54, 1.807) is 0 Å². The van der Waals surface area contributed by atoms with Crippen molar-refractivity contribution in [3.63, 3.8) is 0 Å². The minimum Gasteiger partial charge on any atom is -0.399 e. The van der Waals surface area contributed by atoms with Crippen LogP contribution >= 0.6 is 0 Å². The molecule has 0 unspecified atom stereocenters. The number of amides is 1. The minimum absolute atomic E-state index is 0.0513. The zero-order valence-corrected chi connectivity index (χ0v) is 10.3. The van der Waals surface area contributed by atoms with E-state index in [2.05, 4.69) is 5.32 Å². The predicted molar refractivity (Wildman–Crippen MR) is 68.3 cm³/mol. The molecule has 3 nitrogen and oxygen atoms in total. The van der Waals surface area contributed by atoms with Crippen molar-refractivity contribution in [2.45, 2.75) is 6.54 Å². The molecule has 2 rings (SSSR count). The van der Waals surface area contributed by atoms with Crippen molar-refractivity contribution in [1.82, 2.24) is 5.32 Å². The number of nitrogens with one attached hydrogen (secondary N) is 1. The van der Waals surface area contributed by atoms with Crippen LogP contribution in [0.3, 0.4) is 0 Å². The molecule has 0 spiro atoms. The Balaban J connectivity index is 2.08. The van der Waals surface area contributed by atoms with Gasteiger partial charge in [-0.1, -0.05) is 6.07 Å². The SMILES string of the molecule is Nc1ccc(F)c(C(=O)NCc2ccc(F)c(F)c2)c1. The lowest BCUT2D eigenvalue weighted by Crippen LogP contribution is -2.24. The van der Waals surface area contributed by atoms with Crippen LogP contribution in [0.15, 0.2) is 36.4 Å². The van der Waals surface area contributed by atoms with Crippen molar-refractivity contribution in [1.29, 1.82) is 0 Å². The molecule has 0 radical (unpaired) electrons. The number of benzene rings is 2. The molecule has 0 aromatic heterocycles. The van der Waals surface area contributed by atoms with Gasteiger partial charge in [-0.3, -0.25) is 4.79 Å². The van der Waals surface area contributed by atoms with Crippen LogP contribution in [0, 0.1) is 17.5 Å². The maximum atomic E-state index is 13.4. The number of rotatable bonds is 3. The lowest BCUT2D eigenvalue weighted by molar-refractivity contribution is 0.0947. The van der Waals surface area contributed by atoms with Gasteiger partial charge in [-0.15, -0.1) is 0 Å². The Morgan fingerprint density at radius 3 is 2.40 bits per heavy atom. The molecule has 6 heteroatoms. The first-order valence-electron chi connectivity index (χ1n) is 5.74. The fourth-order valence-electron chi connectivity index (χ4n) is 1.64. The number of carbonyl (C=O) groups excluding carboxylic acids is 1. The van der Waals surface area contributed by atoms with E-state index in [1.807, 2.05) is 0 Å². The van der Waals surface area contributed by atoms with Crippen LogP contribution in [0.4, 0.5) is 18.9 Å². The van der Waals surface area contributed by atoms with Gasteiger partial charge in [-0.05, 0) is 35.9 Å². The van der Waals surface area contributed by atoms with Crippen LogP contribution in [0.25, 0.3) is 0 Å². The van der Waals surface area contributed by atoms with Gasteiger partial charge in [-0.25, -0.2) is 13.2 Å². The largest absolute Gasteiger partial charge is 0.399 e. The van der Waals surface area contributed by atoms with E-state index in [0.717, 1.165) is 18.2 Å². The Morgan fingerprint density at radius 1 is 1.00 bits per heavy atom. The first-order valence-corrected chi connectivity index (χ1v) is 5.74. The highest BCUT2D eigenvalue weighted by molar-refractivity contribution is 5.95. The summed E-state index contributed by atoms with van der Waals surface area (Å²) >= 11 is 0. The topological polar surface area (TPSA) is 55.1 Å². The summed E-state index contributed by atoms with van der Waals surface area (Å²) in [4.78, 5) is 11.8. The van der Waals surface area contributed by atoms with Gasteiger partial charge in [0.15, 0.2) is 11.6 Å². The number of halogens is 3. The molecule has 0 atom stereocenters. The van der Waals surface area contributed by atoms with Crippen molar-refractivity contribution in [3.8, 4) is 0 Å². The van der Waals surface area contributed by atoms with Gasteiger partial charge in [0.25, 0.3) is 5.91 Å². The fraction of sp³-hybridized carbons (Fsp3) is 0.0714. The maximum absolute atomic E-state index is 13.4. The van der Waals surface area contributed by atoms with Gasteiger partial charge in [0.1, 0.15) is 5.82 Å². The maximum Gasteiger partial charge on any atom is 0.254 e. The van der Waals surface area contributed by atoms with Gasteiger partial charge in [0, 0.05) is 12.2 Å². The second kappa shape index (κ2) is 5.64. The average molecular weight is 280 g/mol. The van der Waals surface area contributed by atoms with E-state index < -0.39 is 23.4 Å². The first kappa shape index (κ1) is 13.9. The van der Waals surface area contributed by atoms with Crippen LogP contribution in [0.2, 0.25) is 0 Å². The van der Waals surface area contributed by atoms with Crippen LogP contribution in [-0.4, -0.2) is 5.91 Å². The number of anilines is 1. The summed E-state index contributed by atoms with van der Waals surface area (Å²) in [6.07, 6.45) is 0. The molecule has 0 aliphatic rings. The lowest BCUT2D eigenvalue weighted by atomic mass is 10.1. The quantitative estimate of drug-likeness (QED) is 0.849. The third-order valence-corrected chi connectivity index (χ3v) is 2.67. The van der Waals surface area contributed by atoms with Gasteiger partial charge < -0.3 is 11.1 Å². The average Bonchev–Trinajstić information content (AvgIpc) is 2.42. The molecular formula is C14H11F3N2O. The standard InChI is InChI=1S/C14H11F3N2O/c15-11-4-2-9(18)6-10(11)14(20)19-7-8-1-3-12(16)13(17)5-8/h1-6H,7,18H2,(H,19,20). The van der Waals surface area contributed by atoms with E-state index in [4.69, 9.17) is 5.73 Å². The normalized spacial score (nSPS) is 10.3. The number of carbonyl (C=O) groups is 1. The molecule has 0 fully saturated rings. The monoisotopic (exact) mass is 280 g/mol. The Hall–Kier alpha value is -2.50. The Labute approximate surface area is 113 Å². The molecule has 0 aliphatic heterocycles. The van der Waals surface area contributed by atoms with E-state index in [-0.39, 0.29) is 17.8 Å². The second-order valence-electron chi connectivity index (χ2n) is 4.17. The fourth-order valence-corrected chi connectivity index (χ4v) is 1.64. The Bertz CT molecular complexity index is 659. The summed E-state index contributed by atoms with van der Waals surface area (Å²) in [7, 11) is 0. The Morgan fingerprint density at radius 2 is 1.70 bits per heavy atom. The lowest BCUT2D eigenvalue weighted by Gasteiger charge is -2.07. The zero-order valence-electron chi connectivity index (χ0n) is 10.3. The molecule has 0 aliphatic carbocycles. The highest BCUT2D eigenvalue weighted by Gasteiger charge is 2.12. The second-order valence-corrected chi connectivity index (χ2v) is 4.17. The molecular weight excluding hydrogens is 269 g/mol. The summed E-state index contributed by atoms with van der Waals surface area (Å²) in [6.45, 7) is -0.0513. The van der Waals surface area contributed by atoms with Crippen LogP contribution < -0.4 is 11.1 Å². The highest BCUT2D eigenvalue weighted by atomic mass is 19.2. The summed E-state index contributed by atoms with van der Waals surface area (Å²) in [5.74, 6) is -3.37. The molecule has 0 saturated carbocycles. The van der Waals surface area contributed by atoms with E-state index >= 15 is 0 Å². The molecule has 20 heavy (non-hydrogen) atoms. The van der Waals surface area contributed by atoms with Crippen molar-refractivity contribution >= 4 is 11.6 Å². The van der Waals surface area contributed by atoms with Gasteiger partial charge in [-0.2, -0.15) is 0 Å². The number of hydrogen-bond acceptors (Lipinski definition) is 2. The van der Waals surface area contributed by atoms with Crippen molar-refractivity contribution in [3.05, 3.63) is 65.0 Å². The third kappa shape index (κ3) is 3.09.